The minimum atomic E-state index is -0.319. The minimum absolute atomic E-state index is 0.148. The van der Waals surface area contributed by atoms with E-state index in [1.807, 2.05) is 18.7 Å². The van der Waals surface area contributed by atoms with Crippen LogP contribution in [-0.4, -0.2) is 22.4 Å². The van der Waals surface area contributed by atoms with E-state index in [1.54, 1.807) is 12.1 Å². The first-order chi connectivity index (χ1) is 9.35. The van der Waals surface area contributed by atoms with Crippen molar-refractivity contribution in [2.45, 2.75) is 57.7 Å². The summed E-state index contributed by atoms with van der Waals surface area (Å²) in [4.78, 5) is 14.3. The quantitative estimate of drug-likeness (QED) is 0.869. The maximum atomic E-state index is 12.9. The molecule has 4 heteroatoms. The lowest BCUT2D eigenvalue weighted by Crippen LogP contribution is -2.37. The second-order valence-corrected chi connectivity index (χ2v) is 6.37. The van der Waals surface area contributed by atoms with Crippen LogP contribution in [0.3, 0.4) is 0 Å². The van der Waals surface area contributed by atoms with E-state index < -0.39 is 0 Å². The zero-order chi connectivity index (χ0) is 14.8. The summed E-state index contributed by atoms with van der Waals surface area (Å²) in [6.45, 7) is 4.43. The summed E-state index contributed by atoms with van der Waals surface area (Å²) in [5, 5.41) is 0. The van der Waals surface area contributed by atoms with E-state index in [0.717, 1.165) is 18.4 Å². The normalized spacial score (nSPS) is 15.2. The molecule has 0 aromatic heterocycles. The summed E-state index contributed by atoms with van der Waals surface area (Å²) in [5.41, 5.74) is 6.58. The zero-order valence-electron chi connectivity index (χ0n) is 12.2. The molecule has 3 nitrogen and oxygen atoms in total. The van der Waals surface area contributed by atoms with Gasteiger partial charge in [-0.25, -0.2) is 4.39 Å². The molecule has 1 fully saturated rings. The van der Waals surface area contributed by atoms with E-state index in [4.69, 9.17) is 5.73 Å². The lowest BCUT2D eigenvalue weighted by atomic mass is 9.99. The van der Waals surface area contributed by atoms with Crippen molar-refractivity contribution in [3.63, 3.8) is 0 Å². The van der Waals surface area contributed by atoms with Crippen LogP contribution in [0.2, 0.25) is 0 Å². The Balaban J connectivity index is 1.96. The summed E-state index contributed by atoms with van der Waals surface area (Å²) in [5.74, 6) is -0.0988. The standard InChI is InChI=1S/C16H23FN2O/c1-16(2,18)10-9-15(20)19(14-7-8-14)11-12-3-5-13(17)6-4-12/h3-6,14H,7-11,18H2,1-2H3. The molecule has 1 aliphatic rings. The Bertz CT molecular complexity index is 460. The van der Waals surface area contributed by atoms with Gasteiger partial charge in [0.25, 0.3) is 0 Å². The fraction of sp³-hybridized carbons (Fsp3) is 0.562. The molecule has 1 amide bonds. The van der Waals surface area contributed by atoms with Crippen molar-refractivity contribution in [3.05, 3.63) is 35.6 Å². The Morgan fingerprint density at radius 3 is 2.45 bits per heavy atom. The van der Waals surface area contributed by atoms with Gasteiger partial charge in [-0.2, -0.15) is 0 Å². The fourth-order valence-electron chi connectivity index (χ4n) is 2.17. The van der Waals surface area contributed by atoms with E-state index in [2.05, 4.69) is 0 Å². The van der Waals surface area contributed by atoms with Crippen molar-refractivity contribution in [3.8, 4) is 0 Å². The Kier molecular flexibility index (Phi) is 4.43. The monoisotopic (exact) mass is 278 g/mol. The number of carbonyl (C=O) groups is 1. The molecule has 0 unspecified atom stereocenters. The Morgan fingerprint density at radius 2 is 1.95 bits per heavy atom. The number of rotatable bonds is 6. The average molecular weight is 278 g/mol. The first-order valence-corrected chi connectivity index (χ1v) is 7.18. The van der Waals surface area contributed by atoms with Crippen molar-refractivity contribution in [2.75, 3.05) is 0 Å². The number of carbonyl (C=O) groups excluding carboxylic acids is 1. The molecule has 2 rings (SSSR count). The largest absolute Gasteiger partial charge is 0.335 e. The maximum Gasteiger partial charge on any atom is 0.223 e. The molecule has 1 saturated carbocycles. The molecule has 1 aromatic rings. The second-order valence-electron chi connectivity index (χ2n) is 6.37. The van der Waals surface area contributed by atoms with Gasteiger partial charge in [-0.15, -0.1) is 0 Å². The molecule has 0 heterocycles. The van der Waals surface area contributed by atoms with Crippen molar-refractivity contribution in [1.29, 1.82) is 0 Å². The van der Waals surface area contributed by atoms with Crippen LogP contribution in [0.25, 0.3) is 0 Å². The van der Waals surface area contributed by atoms with Crippen LogP contribution in [0, 0.1) is 5.82 Å². The van der Waals surface area contributed by atoms with E-state index in [1.165, 1.54) is 12.1 Å². The molecule has 0 bridgehead atoms. The molecular formula is C16H23FN2O. The average Bonchev–Trinajstić information content (AvgIpc) is 3.18. The van der Waals surface area contributed by atoms with Gasteiger partial charge >= 0.3 is 0 Å². The number of benzene rings is 1. The van der Waals surface area contributed by atoms with Gasteiger partial charge in [0, 0.05) is 24.5 Å². The van der Waals surface area contributed by atoms with Gasteiger partial charge in [0.2, 0.25) is 5.91 Å². The molecule has 110 valence electrons. The third kappa shape index (κ3) is 4.60. The molecule has 0 aliphatic heterocycles. The highest BCUT2D eigenvalue weighted by atomic mass is 19.1. The van der Waals surface area contributed by atoms with Crippen LogP contribution in [-0.2, 0) is 11.3 Å². The third-order valence-corrected chi connectivity index (χ3v) is 3.56. The summed E-state index contributed by atoms with van der Waals surface area (Å²) in [7, 11) is 0. The lowest BCUT2D eigenvalue weighted by molar-refractivity contribution is -0.132. The lowest BCUT2D eigenvalue weighted by Gasteiger charge is -2.25. The molecule has 20 heavy (non-hydrogen) atoms. The van der Waals surface area contributed by atoms with E-state index in [-0.39, 0.29) is 17.3 Å². The van der Waals surface area contributed by atoms with Crippen LogP contribution >= 0.6 is 0 Å². The first kappa shape index (κ1) is 15.0. The number of nitrogens with two attached hydrogens (primary N) is 1. The summed E-state index contributed by atoms with van der Waals surface area (Å²) >= 11 is 0. The Morgan fingerprint density at radius 1 is 1.35 bits per heavy atom. The van der Waals surface area contributed by atoms with Gasteiger partial charge in [-0.05, 0) is 50.8 Å². The van der Waals surface area contributed by atoms with E-state index in [9.17, 15) is 9.18 Å². The van der Waals surface area contributed by atoms with Crippen LogP contribution < -0.4 is 5.73 Å². The predicted octanol–water partition coefficient (Wildman–Crippen LogP) is 2.83. The van der Waals surface area contributed by atoms with Crippen molar-refractivity contribution < 1.29 is 9.18 Å². The van der Waals surface area contributed by atoms with Gasteiger partial charge in [0.05, 0.1) is 0 Å². The molecule has 1 aromatic carbocycles. The minimum Gasteiger partial charge on any atom is -0.335 e. The summed E-state index contributed by atoms with van der Waals surface area (Å²) in [6.07, 6.45) is 3.29. The molecule has 0 atom stereocenters. The maximum absolute atomic E-state index is 12.9. The number of nitrogens with zero attached hydrogens (tertiary/aromatic N) is 1. The van der Waals surface area contributed by atoms with Crippen molar-refractivity contribution in [2.24, 2.45) is 5.73 Å². The Hall–Kier alpha value is -1.42. The Labute approximate surface area is 120 Å². The SMILES string of the molecule is CC(C)(N)CCC(=O)N(Cc1ccc(F)cc1)C1CC1. The van der Waals surface area contributed by atoms with Gasteiger partial charge in [0.1, 0.15) is 5.82 Å². The zero-order valence-corrected chi connectivity index (χ0v) is 12.2. The van der Waals surface area contributed by atoms with Crippen LogP contribution in [0.15, 0.2) is 24.3 Å². The van der Waals surface area contributed by atoms with Gasteiger partial charge in [0.15, 0.2) is 0 Å². The first-order valence-electron chi connectivity index (χ1n) is 7.18. The van der Waals surface area contributed by atoms with Gasteiger partial charge in [-0.3, -0.25) is 4.79 Å². The molecule has 2 N–H and O–H groups in total. The fourth-order valence-corrected chi connectivity index (χ4v) is 2.17. The van der Waals surface area contributed by atoms with Gasteiger partial charge < -0.3 is 10.6 Å². The molecule has 1 aliphatic carbocycles. The second kappa shape index (κ2) is 5.92. The van der Waals surface area contributed by atoms with E-state index >= 15 is 0 Å². The number of amides is 1. The van der Waals surface area contributed by atoms with Gasteiger partial charge in [-0.1, -0.05) is 12.1 Å². The van der Waals surface area contributed by atoms with Crippen LogP contribution in [0.5, 0.6) is 0 Å². The van der Waals surface area contributed by atoms with Crippen molar-refractivity contribution >= 4 is 5.91 Å². The highest BCUT2D eigenvalue weighted by molar-refractivity contribution is 5.77. The molecule has 0 radical (unpaired) electrons. The molecule has 0 saturated heterocycles. The topological polar surface area (TPSA) is 46.3 Å². The van der Waals surface area contributed by atoms with E-state index in [0.29, 0.717) is 25.4 Å². The number of hydrogen-bond acceptors (Lipinski definition) is 2. The number of halogens is 1. The summed E-state index contributed by atoms with van der Waals surface area (Å²) < 4.78 is 12.9. The number of hydrogen-bond donors (Lipinski definition) is 1. The van der Waals surface area contributed by atoms with Crippen LogP contribution in [0.1, 0.15) is 45.1 Å². The summed E-state index contributed by atoms with van der Waals surface area (Å²) in [6, 6.07) is 6.71. The molecular weight excluding hydrogens is 255 g/mol. The highest BCUT2D eigenvalue weighted by Gasteiger charge is 2.32. The third-order valence-electron chi connectivity index (χ3n) is 3.56. The predicted molar refractivity (Wildman–Crippen MR) is 77.5 cm³/mol. The highest BCUT2D eigenvalue weighted by Crippen LogP contribution is 2.29. The molecule has 0 spiro atoms. The smallest absolute Gasteiger partial charge is 0.223 e. The van der Waals surface area contributed by atoms with Crippen molar-refractivity contribution in [1.82, 2.24) is 4.90 Å². The van der Waals surface area contributed by atoms with Crippen LogP contribution in [0.4, 0.5) is 4.39 Å².